The lowest BCUT2D eigenvalue weighted by Gasteiger charge is -2.52. The Morgan fingerprint density at radius 3 is 2.48 bits per heavy atom. The molecule has 0 unspecified atom stereocenters. The third kappa shape index (κ3) is 4.04. The second kappa shape index (κ2) is 7.76. The summed E-state index contributed by atoms with van der Waals surface area (Å²) in [6.07, 6.45) is 1.39. The van der Waals surface area contributed by atoms with E-state index in [4.69, 9.17) is 5.73 Å². The van der Waals surface area contributed by atoms with E-state index in [0.29, 0.717) is 37.1 Å². The second-order valence-electron chi connectivity index (χ2n) is 9.14. The summed E-state index contributed by atoms with van der Waals surface area (Å²) in [5.74, 6) is 0.357. The lowest BCUT2D eigenvalue weighted by Crippen LogP contribution is -2.71. The normalized spacial score (nSPS) is 28.6. The maximum atomic E-state index is 12.9. The van der Waals surface area contributed by atoms with Crippen LogP contribution < -0.4 is 11.1 Å². The number of nitrogens with zero attached hydrogens (tertiary/aromatic N) is 4. The van der Waals surface area contributed by atoms with Crippen molar-refractivity contribution in [2.75, 3.05) is 18.4 Å². The third-order valence-electron chi connectivity index (χ3n) is 6.95. The van der Waals surface area contributed by atoms with Gasteiger partial charge in [-0.05, 0) is 38.5 Å². The number of amides is 1. The maximum Gasteiger partial charge on any atom is 0.419 e. The quantitative estimate of drug-likeness (QED) is 0.621. The topological polar surface area (TPSA) is 120 Å². The fraction of sp³-hybridized carbons (Fsp3) is 0.750. The predicted molar refractivity (Wildman–Crippen MR) is 105 cm³/mol. The number of carbonyl (C=O) groups excluding carboxylic acids is 1. The van der Waals surface area contributed by atoms with Gasteiger partial charge in [0.2, 0.25) is 5.91 Å². The van der Waals surface area contributed by atoms with E-state index in [0.717, 1.165) is 12.8 Å². The van der Waals surface area contributed by atoms with Crippen molar-refractivity contribution in [1.82, 2.24) is 14.7 Å². The van der Waals surface area contributed by atoms with Gasteiger partial charge in [0.15, 0.2) is 11.4 Å². The van der Waals surface area contributed by atoms with Gasteiger partial charge in [-0.25, -0.2) is 0 Å². The second-order valence-corrected chi connectivity index (χ2v) is 9.14. The van der Waals surface area contributed by atoms with E-state index < -0.39 is 30.4 Å². The van der Waals surface area contributed by atoms with Crippen molar-refractivity contribution in [3.05, 3.63) is 11.8 Å². The van der Waals surface area contributed by atoms with Crippen molar-refractivity contribution in [2.24, 2.45) is 11.7 Å². The Kier molecular flexibility index (Phi) is 5.52. The van der Waals surface area contributed by atoms with E-state index in [1.807, 2.05) is 0 Å². The number of rotatable bonds is 6. The SMILES string of the molecule is N#CC[C@]1(n2cc(CN)c(NC(=O)C3CC3)n2)CC[C@@H](N2CC(O)(C(F)(F)F)C2)CC1. The van der Waals surface area contributed by atoms with E-state index in [9.17, 15) is 28.3 Å². The summed E-state index contributed by atoms with van der Waals surface area (Å²) in [6, 6.07) is 2.14. The molecule has 4 N–H and O–H groups in total. The summed E-state index contributed by atoms with van der Waals surface area (Å²) in [7, 11) is 0. The molecule has 3 aliphatic rings. The molecule has 0 aromatic carbocycles. The van der Waals surface area contributed by atoms with Gasteiger partial charge in [0, 0.05) is 43.4 Å². The molecule has 3 fully saturated rings. The molecule has 0 spiro atoms. The Hall–Kier alpha value is -2.16. The number of aliphatic hydroxyl groups is 1. The molecular formula is C20H27F3N6O2. The Morgan fingerprint density at radius 2 is 1.97 bits per heavy atom. The number of nitriles is 1. The van der Waals surface area contributed by atoms with Crippen LogP contribution in [0.15, 0.2) is 6.20 Å². The number of nitrogens with one attached hydrogen (secondary N) is 1. The molecule has 0 radical (unpaired) electrons. The first-order chi connectivity index (χ1) is 14.6. The fourth-order valence-corrected chi connectivity index (χ4v) is 4.67. The third-order valence-corrected chi connectivity index (χ3v) is 6.95. The van der Waals surface area contributed by atoms with Crippen molar-refractivity contribution in [3.8, 4) is 6.07 Å². The van der Waals surface area contributed by atoms with Crippen LogP contribution in [-0.2, 0) is 16.9 Å². The molecule has 31 heavy (non-hydrogen) atoms. The number of β-amino-alcohol motifs (C(OH)–C–C–N with tert-alkyl or cyclic N) is 1. The van der Waals surface area contributed by atoms with Gasteiger partial charge in [-0.15, -0.1) is 0 Å². The molecule has 0 atom stereocenters. The molecule has 1 amide bonds. The van der Waals surface area contributed by atoms with E-state index in [-0.39, 0.29) is 30.8 Å². The summed E-state index contributed by atoms with van der Waals surface area (Å²) in [4.78, 5) is 13.8. The van der Waals surface area contributed by atoms with Crippen molar-refractivity contribution >= 4 is 11.7 Å². The van der Waals surface area contributed by atoms with Crippen LogP contribution in [-0.4, -0.2) is 56.6 Å². The van der Waals surface area contributed by atoms with Crippen LogP contribution in [0, 0.1) is 17.2 Å². The minimum Gasteiger partial charge on any atom is -0.378 e. The molecule has 0 bridgehead atoms. The van der Waals surface area contributed by atoms with Crippen LogP contribution in [0.4, 0.5) is 19.0 Å². The zero-order valence-electron chi connectivity index (χ0n) is 17.2. The van der Waals surface area contributed by atoms with Crippen LogP contribution in [0.25, 0.3) is 0 Å². The lowest BCUT2D eigenvalue weighted by molar-refractivity contribution is -0.307. The molecule has 4 rings (SSSR count). The number of halogens is 3. The van der Waals surface area contributed by atoms with Gasteiger partial charge in [-0.1, -0.05) is 0 Å². The highest BCUT2D eigenvalue weighted by molar-refractivity contribution is 5.93. The van der Waals surface area contributed by atoms with Crippen molar-refractivity contribution in [1.29, 1.82) is 5.26 Å². The monoisotopic (exact) mass is 440 g/mol. The molecule has 1 saturated heterocycles. The Morgan fingerprint density at radius 1 is 1.32 bits per heavy atom. The van der Waals surface area contributed by atoms with Crippen LogP contribution in [0.3, 0.4) is 0 Å². The van der Waals surface area contributed by atoms with Gasteiger partial charge < -0.3 is 16.2 Å². The number of carbonyl (C=O) groups is 1. The summed E-state index contributed by atoms with van der Waals surface area (Å²) in [6.45, 7) is -0.638. The van der Waals surface area contributed by atoms with Gasteiger partial charge in [0.05, 0.1) is 18.0 Å². The van der Waals surface area contributed by atoms with E-state index >= 15 is 0 Å². The van der Waals surface area contributed by atoms with Gasteiger partial charge in [0.1, 0.15) is 0 Å². The van der Waals surface area contributed by atoms with Crippen molar-refractivity contribution in [3.63, 3.8) is 0 Å². The molecule has 1 aliphatic heterocycles. The van der Waals surface area contributed by atoms with Crippen LogP contribution in [0.5, 0.6) is 0 Å². The van der Waals surface area contributed by atoms with Gasteiger partial charge in [0.25, 0.3) is 0 Å². The first kappa shape index (κ1) is 22.0. The zero-order chi connectivity index (χ0) is 22.4. The van der Waals surface area contributed by atoms with E-state index in [1.54, 1.807) is 15.8 Å². The standard InChI is InChI=1S/C20H27F3N6O2/c21-20(22,23)19(31)11-28(12-19)15-3-5-18(6-4-15,7-8-24)29-10-14(9-25)16(27-29)26-17(30)13-1-2-13/h10,13,15,31H,1-7,9,11-12,25H2,(H,26,27,30)/t15-,18+. The van der Waals surface area contributed by atoms with Gasteiger partial charge in [-0.3, -0.25) is 14.4 Å². The largest absolute Gasteiger partial charge is 0.419 e. The highest BCUT2D eigenvalue weighted by Gasteiger charge is 2.62. The molecule has 2 heterocycles. The number of nitrogens with two attached hydrogens (primary N) is 1. The van der Waals surface area contributed by atoms with Crippen LogP contribution in [0.2, 0.25) is 0 Å². The number of likely N-dealkylation sites (tertiary alicyclic amines) is 1. The number of anilines is 1. The predicted octanol–water partition coefficient (Wildman–Crippen LogP) is 1.85. The van der Waals surface area contributed by atoms with Crippen molar-refractivity contribution in [2.45, 2.75) is 74.8 Å². The summed E-state index contributed by atoms with van der Waals surface area (Å²) < 4.78 is 40.5. The minimum atomic E-state index is -4.63. The molecule has 2 aliphatic carbocycles. The Balaban J connectivity index is 1.45. The average molecular weight is 440 g/mol. The first-order valence-corrected chi connectivity index (χ1v) is 10.6. The molecule has 2 saturated carbocycles. The highest BCUT2D eigenvalue weighted by Crippen LogP contribution is 2.44. The van der Waals surface area contributed by atoms with Crippen LogP contribution >= 0.6 is 0 Å². The Bertz CT molecular complexity index is 874. The number of aromatic nitrogens is 2. The van der Waals surface area contributed by atoms with E-state index in [2.05, 4.69) is 16.5 Å². The van der Waals surface area contributed by atoms with Crippen LogP contribution in [0.1, 0.15) is 50.5 Å². The fourth-order valence-electron chi connectivity index (χ4n) is 4.67. The number of hydrogen-bond acceptors (Lipinski definition) is 6. The molecule has 8 nitrogen and oxygen atoms in total. The molecule has 170 valence electrons. The van der Waals surface area contributed by atoms with E-state index in [1.165, 1.54) is 0 Å². The average Bonchev–Trinajstić information content (AvgIpc) is 3.46. The summed E-state index contributed by atoms with van der Waals surface area (Å²) in [5.41, 5.74) is 3.30. The Labute approximate surface area is 178 Å². The summed E-state index contributed by atoms with van der Waals surface area (Å²) in [5, 5.41) is 26.6. The molecule has 1 aromatic rings. The number of alkyl halides is 3. The maximum absolute atomic E-state index is 12.9. The first-order valence-electron chi connectivity index (χ1n) is 10.6. The highest BCUT2D eigenvalue weighted by atomic mass is 19.4. The summed E-state index contributed by atoms with van der Waals surface area (Å²) >= 11 is 0. The van der Waals surface area contributed by atoms with Crippen molar-refractivity contribution < 1.29 is 23.1 Å². The molecule has 1 aromatic heterocycles. The molecular weight excluding hydrogens is 413 g/mol. The number of hydrogen-bond donors (Lipinski definition) is 3. The smallest absolute Gasteiger partial charge is 0.378 e. The van der Waals surface area contributed by atoms with Gasteiger partial charge >= 0.3 is 6.18 Å². The zero-order valence-corrected chi connectivity index (χ0v) is 17.2. The molecule has 11 heteroatoms. The minimum absolute atomic E-state index is 0.0196. The lowest BCUT2D eigenvalue weighted by atomic mass is 9.75. The van der Waals surface area contributed by atoms with Gasteiger partial charge in [-0.2, -0.15) is 23.5 Å².